The predicted octanol–water partition coefficient (Wildman–Crippen LogP) is 30.7. The number of halogens is 1. The van der Waals surface area contributed by atoms with Gasteiger partial charge >= 0.3 is 0 Å². The Balaban J connectivity index is 0.000000126. The van der Waals surface area contributed by atoms with Crippen LogP contribution in [0.15, 0.2) is 473 Å². The molecule has 6 heterocycles. The molecule has 0 aliphatic rings. The highest BCUT2D eigenvalue weighted by atomic mass is 35.5. The predicted molar refractivity (Wildman–Crippen MR) is 534 cm³/mol. The lowest BCUT2D eigenvalue weighted by Gasteiger charge is -2.15. The molecule has 6 aromatic heterocycles. The molecular formula is C118H79ClN10. The molecule has 10 nitrogen and oxygen atoms in total. The van der Waals surface area contributed by atoms with Crippen LogP contribution in [0.5, 0.6) is 0 Å². The maximum atomic E-state index is 6.31. The number of rotatable bonds is 15. The minimum Gasteiger partial charge on any atom is -0.353 e. The molecule has 0 radical (unpaired) electrons. The molecule has 0 saturated heterocycles. The van der Waals surface area contributed by atoms with Crippen LogP contribution in [0.1, 0.15) is 0 Å². The summed E-state index contributed by atoms with van der Waals surface area (Å²) in [4.78, 5) is 34.1. The summed E-state index contributed by atoms with van der Waals surface area (Å²) >= 11 is 6.31. The van der Waals surface area contributed by atoms with Crippen LogP contribution in [0.3, 0.4) is 0 Å². The van der Waals surface area contributed by atoms with E-state index in [0.29, 0.717) is 40.0 Å². The second kappa shape index (κ2) is 34.6. The van der Waals surface area contributed by atoms with E-state index in [0.717, 1.165) is 122 Å². The second-order valence-corrected chi connectivity index (χ2v) is 32.4. The number of aromatic nitrogens is 10. The van der Waals surface area contributed by atoms with Gasteiger partial charge in [-0.05, 0) is 153 Å². The fraction of sp³-hybridized carbons (Fsp3) is 0. The van der Waals surface area contributed by atoms with E-state index in [2.05, 4.69) is 395 Å². The first kappa shape index (κ1) is 78.0. The van der Waals surface area contributed by atoms with Crippen LogP contribution in [0.2, 0.25) is 5.02 Å². The van der Waals surface area contributed by atoms with Gasteiger partial charge in [-0.15, -0.1) is 0 Å². The third kappa shape index (κ3) is 15.6. The lowest BCUT2D eigenvalue weighted by atomic mass is 10.0. The van der Waals surface area contributed by atoms with Crippen molar-refractivity contribution in [1.29, 1.82) is 0 Å². The zero-order valence-electron chi connectivity index (χ0n) is 69.9. The first-order valence-electron chi connectivity index (χ1n) is 43.2. The van der Waals surface area contributed by atoms with Gasteiger partial charge in [-0.1, -0.05) is 388 Å². The maximum Gasteiger partial charge on any atom is 0.164 e. The first-order chi connectivity index (χ1) is 63.9. The highest BCUT2D eigenvalue weighted by Gasteiger charge is 2.25. The van der Waals surface area contributed by atoms with E-state index >= 15 is 0 Å². The second-order valence-electron chi connectivity index (χ2n) is 31.9. The van der Waals surface area contributed by atoms with Crippen LogP contribution < -0.4 is 0 Å². The van der Waals surface area contributed by atoms with Crippen LogP contribution in [-0.2, 0) is 0 Å². The Labute approximate surface area is 751 Å². The molecule has 0 fully saturated rings. The van der Waals surface area contributed by atoms with Crippen molar-refractivity contribution >= 4 is 77.0 Å². The van der Waals surface area contributed by atoms with Gasteiger partial charge in [-0.2, -0.15) is 0 Å². The number of nitrogens with one attached hydrogen (secondary N) is 1. The summed E-state index contributed by atoms with van der Waals surface area (Å²) in [7, 11) is 0. The summed E-state index contributed by atoms with van der Waals surface area (Å²) < 4.78 is 7.21. The monoisotopic (exact) mass is 1670 g/mol. The van der Waals surface area contributed by atoms with Crippen molar-refractivity contribution in [3.05, 3.63) is 478 Å². The number of hydrogen-bond acceptors (Lipinski definition) is 6. The van der Waals surface area contributed by atoms with Gasteiger partial charge in [-0.25, -0.2) is 29.9 Å². The molecule has 1 N–H and O–H groups in total. The van der Waals surface area contributed by atoms with Crippen molar-refractivity contribution in [2.45, 2.75) is 0 Å². The summed E-state index contributed by atoms with van der Waals surface area (Å²) in [6.45, 7) is 0. The molecule has 24 rings (SSSR count). The van der Waals surface area contributed by atoms with Gasteiger partial charge in [-0.3, -0.25) is 0 Å². The van der Waals surface area contributed by atoms with Crippen molar-refractivity contribution in [2.75, 3.05) is 0 Å². The van der Waals surface area contributed by atoms with Gasteiger partial charge in [0, 0.05) is 93.3 Å². The summed E-state index contributed by atoms with van der Waals surface area (Å²) in [6, 6.07) is 165. The number of para-hydroxylation sites is 4. The normalized spacial score (nSPS) is 11.3. The zero-order valence-corrected chi connectivity index (χ0v) is 70.7. The molecule has 0 unspecified atom stereocenters. The number of benzene rings is 18. The molecule has 0 atom stereocenters. The Kier molecular flexibility index (Phi) is 20.9. The Morgan fingerprint density at radius 3 is 0.907 bits per heavy atom. The van der Waals surface area contributed by atoms with Gasteiger partial charge < -0.3 is 18.7 Å². The highest BCUT2D eigenvalue weighted by Crippen LogP contribution is 2.44. The van der Waals surface area contributed by atoms with Crippen molar-refractivity contribution in [1.82, 2.24) is 48.6 Å². The van der Waals surface area contributed by atoms with Crippen LogP contribution in [-0.4, -0.2) is 48.6 Å². The minimum atomic E-state index is 0.581. The lowest BCUT2D eigenvalue weighted by Crippen LogP contribution is -2.02. The smallest absolute Gasteiger partial charge is 0.164 e. The van der Waals surface area contributed by atoms with Gasteiger partial charge in [0.15, 0.2) is 34.9 Å². The van der Waals surface area contributed by atoms with Crippen LogP contribution in [0.4, 0.5) is 0 Å². The first-order valence-corrected chi connectivity index (χ1v) is 43.6. The summed E-state index contributed by atoms with van der Waals surface area (Å²) in [6.07, 6.45) is 0. The van der Waals surface area contributed by atoms with Crippen molar-refractivity contribution in [3.8, 4) is 152 Å². The quantitative estimate of drug-likeness (QED) is 0.110. The molecule has 0 amide bonds. The van der Waals surface area contributed by atoms with Crippen LogP contribution in [0, 0.1) is 0 Å². The van der Waals surface area contributed by atoms with Gasteiger partial charge in [0.1, 0.15) is 0 Å². The van der Waals surface area contributed by atoms with E-state index in [9.17, 15) is 0 Å². The number of nitrogens with zero attached hydrogens (tertiary/aromatic N) is 9. The Morgan fingerprint density at radius 2 is 0.488 bits per heavy atom. The third-order valence-corrected chi connectivity index (χ3v) is 24.1. The number of fused-ring (bicyclic) bond motifs is 10. The number of H-pyrrole nitrogens is 1. The van der Waals surface area contributed by atoms with E-state index in [1.165, 1.54) is 60.4 Å². The Bertz CT molecular complexity index is 8020. The van der Waals surface area contributed by atoms with Gasteiger partial charge in [0.05, 0.1) is 39.0 Å². The fourth-order valence-corrected chi connectivity index (χ4v) is 18.0. The number of aromatic amines is 1. The lowest BCUT2D eigenvalue weighted by molar-refractivity contribution is 1.07. The molecule has 129 heavy (non-hydrogen) atoms. The average molecular weight is 1670 g/mol. The van der Waals surface area contributed by atoms with Crippen molar-refractivity contribution in [2.24, 2.45) is 0 Å². The van der Waals surface area contributed by atoms with Gasteiger partial charge in [0.2, 0.25) is 0 Å². The summed E-state index contributed by atoms with van der Waals surface area (Å²) in [5, 5.41) is 7.94. The van der Waals surface area contributed by atoms with E-state index < -0.39 is 0 Å². The highest BCUT2D eigenvalue weighted by molar-refractivity contribution is 6.31. The maximum absolute atomic E-state index is 6.31. The third-order valence-electron chi connectivity index (χ3n) is 23.8. The molecule has 0 spiro atoms. The molecule has 11 heteroatoms. The van der Waals surface area contributed by atoms with E-state index in [1.54, 1.807) is 0 Å². The SMILES string of the molecule is Clc1cccc(-c2nc(-c3cccc(-c4ccccc4)c3)nc(-c3cccc(-c4ccccc4)c3)n2)c1.c1ccc(-c2cc3ccc4c5ccccc5[nH]c4c3n2-c2ccccc2)cc1.c1ccc(-c2cccc(-c3nc(-c4cccc(-c5ccccc5)c4)nc(-c4cccc(-n5c6ccccc6c6ccc7cc(-c8ccccc8)n(-c8ccccc8)c7c65)c4)n3)c2)cc1. The molecule has 0 aliphatic heterocycles. The molecular weight excluding hydrogens is 1590 g/mol. The molecule has 18 aromatic carbocycles. The molecule has 0 bridgehead atoms. The average Bonchev–Trinajstić information content (AvgIpc) is 1.56. The zero-order chi connectivity index (χ0) is 85.9. The Hall–Kier alpha value is -17.1. The Morgan fingerprint density at radius 1 is 0.186 bits per heavy atom. The van der Waals surface area contributed by atoms with Crippen LogP contribution >= 0.6 is 11.6 Å². The summed E-state index contributed by atoms with van der Waals surface area (Å²) in [5.74, 6) is 3.63. The van der Waals surface area contributed by atoms with E-state index in [1.807, 2.05) is 97.1 Å². The topological polar surface area (TPSA) is 108 Å². The molecule has 24 aromatic rings. The number of hydrogen-bond donors (Lipinski definition) is 1. The molecule has 608 valence electrons. The molecule has 0 saturated carbocycles. The minimum absolute atomic E-state index is 0.581. The summed E-state index contributed by atoms with van der Waals surface area (Å²) in [5.41, 5.74) is 29.4. The van der Waals surface area contributed by atoms with E-state index in [-0.39, 0.29) is 0 Å². The van der Waals surface area contributed by atoms with E-state index in [4.69, 9.17) is 41.5 Å². The van der Waals surface area contributed by atoms with Crippen molar-refractivity contribution in [3.63, 3.8) is 0 Å². The van der Waals surface area contributed by atoms with Gasteiger partial charge in [0.25, 0.3) is 0 Å². The van der Waals surface area contributed by atoms with Crippen LogP contribution in [0.25, 0.3) is 218 Å². The fourth-order valence-electron chi connectivity index (χ4n) is 17.8. The standard InChI is InChI=1S/C59H39N5.C33H22ClN3.C26H18N2/c1-5-18-40(19-6-1)43-24-15-26-46(36-43)57-60-58(47-27-16-25-44(37-47)41-20-7-2-8-21-41)62-59(61-57)48-28-17-31-50(38-48)64-53-33-14-13-32-51(53)52-35-34-45-39-54(42-22-9-3-10-23-42)63(55(45)56(52)64)49-29-11-4-12-30-49;34-30-19-9-18-29(22-30)33-36-31(27-16-7-14-25(20-27)23-10-3-1-4-11-23)35-32(37-33)28-17-8-15-26(21-28)24-12-5-2-6-13-24;1-3-9-18(10-4-1)24-17-19-15-16-22-21-13-7-8-14-23(21)27-25(22)26(19)28(24)20-11-5-2-6-12-20/h1-39H;1-22H;1-17,27H. The van der Waals surface area contributed by atoms with Crippen molar-refractivity contribution < 1.29 is 0 Å². The molecule has 0 aliphatic carbocycles. The largest absolute Gasteiger partial charge is 0.353 e.